The Morgan fingerprint density at radius 3 is 3.00 bits per heavy atom. The molecule has 3 rings (SSSR count). The average molecular weight is 335 g/mol. The first kappa shape index (κ1) is 15.8. The van der Waals surface area contributed by atoms with Gasteiger partial charge in [-0.1, -0.05) is 50.6 Å². The molecular formula is C17H22N2OS2. The maximum Gasteiger partial charge on any atom is 0.230 e. The minimum Gasteiger partial charge on any atom is -0.352 e. The molecule has 3 nitrogen and oxygen atoms in total. The zero-order chi connectivity index (χ0) is 15.5. The SMILES string of the molecule is C[C@H]1[C@@H](NC(=O)CSc2nc3ccccc3s2)CCC[C@@H]1C. The Kier molecular flexibility index (Phi) is 5.03. The van der Waals surface area contributed by atoms with Gasteiger partial charge in [0.1, 0.15) is 0 Å². The topological polar surface area (TPSA) is 42.0 Å². The lowest BCUT2D eigenvalue weighted by atomic mass is 9.78. The first-order chi connectivity index (χ1) is 10.6. The van der Waals surface area contributed by atoms with Crippen molar-refractivity contribution >= 4 is 39.2 Å². The predicted molar refractivity (Wildman–Crippen MR) is 94.5 cm³/mol. The first-order valence-corrected chi connectivity index (χ1v) is 9.71. The van der Waals surface area contributed by atoms with Crippen LogP contribution in [0.2, 0.25) is 0 Å². The second-order valence-electron chi connectivity index (χ2n) is 6.18. The van der Waals surface area contributed by atoms with Gasteiger partial charge in [0.15, 0.2) is 4.34 Å². The number of hydrogen-bond acceptors (Lipinski definition) is 4. The Labute approximate surface area is 139 Å². The van der Waals surface area contributed by atoms with Crippen molar-refractivity contribution in [2.75, 3.05) is 5.75 Å². The number of carbonyl (C=O) groups is 1. The summed E-state index contributed by atoms with van der Waals surface area (Å²) in [6.45, 7) is 4.55. The van der Waals surface area contributed by atoms with E-state index in [0.717, 1.165) is 16.3 Å². The average Bonchev–Trinajstić information content (AvgIpc) is 2.93. The van der Waals surface area contributed by atoms with E-state index in [1.165, 1.54) is 17.5 Å². The quantitative estimate of drug-likeness (QED) is 0.846. The van der Waals surface area contributed by atoms with Crippen LogP contribution >= 0.6 is 23.1 Å². The molecule has 1 amide bonds. The molecule has 1 heterocycles. The number of carbonyl (C=O) groups excluding carboxylic acids is 1. The summed E-state index contributed by atoms with van der Waals surface area (Å²) in [6.07, 6.45) is 3.62. The molecule has 3 atom stereocenters. The van der Waals surface area contributed by atoms with Crippen LogP contribution in [-0.4, -0.2) is 22.7 Å². The van der Waals surface area contributed by atoms with E-state index in [9.17, 15) is 4.79 Å². The molecule has 1 aliphatic carbocycles. The van der Waals surface area contributed by atoms with Gasteiger partial charge in [-0.15, -0.1) is 11.3 Å². The van der Waals surface area contributed by atoms with Crippen LogP contribution in [0, 0.1) is 11.8 Å². The molecule has 0 aliphatic heterocycles. The number of amides is 1. The number of thiazole rings is 1. The number of rotatable bonds is 4. The fraction of sp³-hybridized carbons (Fsp3) is 0.529. The lowest BCUT2D eigenvalue weighted by molar-refractivity contribution is -0.119. The summed E-state index contributed by atoms with van der Waals surface area (Å²) < 4.78 is 2.15. The van der Waals surface area contributed by atoms with Crippen molar-refractivity contribution in [3.8, 4) is 0 Å². The van der Waals surface area contributed by atoms with Gasteiger partial charge in [0, 0.05) is 6.04 Å². The van der Waals surface area contributed by atoms with E-state index < -0.39 is 0 Å². The second-order valence-corrected chi connectivity index (χ2v) is 8.43. The number of fused-ring (bicyclic) bond motifs is 1. The van der Waals surface area contributed by atoms with Gasteiger partial charge < -0.3 is 5.32 Å². The summed E-state index contributed by atoms with van der Waals surface area (Å²) >= 11 is 3.20. The number of thioether (sulfide) groups is 1. The molecule has 22 heavy (non-hydrogen) atoms. The van der Waals surface area contributed by atoms with E-state index >= 15 is 0 Å². The molecule has 0 saturated heterocycles. The van der Waals surface area contributed by atoms with Crippen molar-refractivity contribution in [2.24, 2.45) is 11.8 Å². The first-order valence-electron chi connectivity index (χ1n) is 7.91. The highest BCUT2D eigenvalue weighted by Gasteiger charge is 2.28. The molecule has 2 aromatic rings. The molecule has 0 bridgehead atoms. The fourth-order valence-corrected chi connectivity index (χ4v) is 4.95. The minimum atomic E-state index is 0.134. The zero-order valence-electron chi connectivity index (χ0n) is 13.0. The van der Waals surface area contributed by atoms with Crippen LogP contribution in [0.4, 0.5) is 0 Å². The van der Waals surface area contributed by atoms with E-state index in [-0.39, 0.29) is 5.91 Å². The molecule has 1 N–H and O–H groups in total. The van der Waals surface area contributed by atoms with Crippen LogP contribution in [0.1, 0.15) is 33.1 Å². The minimum absolute atomic E-state index is 0.134. The van der Waals surface area contributed by atoms with E-state index in [0.29, 0.717) is 23.6 Å². The van der Waals surface area contributed by atoms with Gasteiger partial charge in [0.05, 0.1) is 16.0 Å². The Morgan fingerprint density at radius 2 is 2.18 bits per heavy atom. The summed E-state index contributed by atoms with van der Waals surface area (Å²) in [5.74, 6) is 1.87. The maximum atomic E-state index is 12.2. The van der Waals surface area contributed by atoms with Crippen LogP contribution in [-0.2, 0) is 4.79 Å². The zero-order valence-corrected chi connectivity index (χ0v) is 14.7. The van der Waals surface area contributed by atoms with E-state index in [4.69, 9.17) is 0 Å². The third-order valence-corrected chi connectivity index (χ3v) is 6.83. The van der Waals surface area contributed by atoms with Gasteiger partial charge >= 0.3 is 0 Å². The number of para-hydroxylation sites is 1. The van der Waals surface area contributed by atoms with Crippen LogP contribution in [0.15, 0.2) is 28.6 Å². The highest BCUT2D eigenvalue weighted by molar-refractivity contribution is 8.01. The Morgan fingerprint density at radius 1 is 1.36 bits per heavy atom. The third-order valence-electron chi connectivity index (χ3n) is 4.65. The van der Waals surface area contributed by atoms with Crippen molar-refractivity contribution in [3.05, 3.63) is 24.3 Å². The third kappa shape index (κ3) is 3.63. The Balaban J connectivity index is 1.53. The van der Waals surface area contributed by atoms with E-state index in [2.05, 4.69) is 30.2 Å². The summed E-state index contributed by atoms with van der Waals surface area (Å²) in [4.78, 5) is 16.8. The summed E-state index contributed by atoms with van der Waals surface area (Å²) in [7, 11) is 0. The van der Waals surface area contributed by atoms with Crippen LogP contribution in [0.25, 0.3) is 10.2 Å². The molecule has 0 radical (unpaired) electrons. The summed E-state index contributed by atoms with van der Waals surface area (Å²) in [5.41, 5.74) is 1.02. The van der Waals surface area contributed by atoms with Gasteiger partial charge in [-0.2, -0.15) is 0 Å². The molecule has 1 aromatic heterocycles. The molecule has 1 aromatic carbocycles. The predicted octanol–water partition coefficient (Wildman–Crippen LogP) is 4.33. The molecule has 118 valence electrons. The van der Waals surface area contributed by atoms with Crippen LogP contribution in [0.5, 0.6) is 0 Å². The molecule has 1 saturated carbocycles. The number of aromatic nitrogens is 1. The smallest absolute Gasteiger partial charge is 0.230 e. The van der Waals surface area contributed by atoms with Crippen LogP contribution < -0.4 is 5.32 Å². The lowest BCUT2D eigenvalue weighted by Crippen LogP contribution is -2.44. The number of hydrogen-bond donors (Lipinski definition) is 1. The second kappa shape index (κ2) is 7.01. The molecule has 1 fully saturated rings. The van der Waals surface area contributed by atoms with Crippen molar-refractivity contribution in [1.29, 1.82) is 0 Å². The van der Waals surface area contributed by atoms with Gasteiger partial charge in [-0.3, -0.25) is 4.79 Å². The van der Waals surface area contributed by atoms with Gasteiger partial charge in [-0.05, 0) is 30.4 Å². The Bertz CT molecular complexity index is 622. The van der Waals surface area contributed by atoms with Crippen molar-refractivity contribution in [2.45, 2.75) is 43.5 Å². The van der Waals surface area contributed by atoms with Crippen molar-refractivity contribution < 1.29 is 4.79 Å². The van der Waals surface area contributed by atoms with Gasteiger partial charge in [-0.25, -0.2) is 4.98 Å². The summed E-state index contributed by atoms with van der Waals surface area (Å²) in [5, 5.41) is 3.22. The molecule has 5 heteroatoms. The summed E-state index contributed by atoms with van der Waals surface area (Å²) in [6, 6.07) is 8.44. The molecule has 0 unspecified atom stereocenters. The number of nitrogens with zero attached hydrogens (tertiary/aromatic N) is 1. The normalized spacial score (nSPS) is 25.3. The fourth-order valence-electron chi connectivity index (χ4n) is 3.07. The van der Waals surface area contributed by atoms with E-state index in [1.54, 1.807) is 23.1 Å². The standard InChI is InChI=1S/C17H22N2OS2/c1-11-6-5-8-13(12(11)2)18-16(20)10-21-17-19-14-7-3-4-9-15(14)22-17/h3-4,7,9,11-13H,5-6,8,10H2,1-2H3,(H,18,20)/t11-,12+,13-/m0/s1. The Hall–Kier alpha value is -1.07. The van der Waals surface area contributed by atoms with E-state index in [1.807, 2.05) is 18.2 Å². The van der Waals surface area contributed by atoms with Gasteiger partial charge in [0.25, 0.3) is 0 Å². The monoisotopic (exact) mass is 334 g/mol. The molecule has 0 spiro atoms. The van der Waals surface area contributed by atoms with Crippen molar-refractivity contribution in [1.82, 2.24) is 10.3 Å². The van der Waals surface area contributed by atoms with Crippen LogP contribution in [0.3, 0.4) is 0 Å². The van der Waals surface area contributed by atoms with Crippen molar-refractivity contribution in [3.63, 3.8) is 0 Å². The van der Waals surface area contributed by atoms with Gasteiger partial charge in [0.2, 0.25) is 5.91 Å². The highest BCUT2D eigenvalue weighted by Crippen LogP contribution is 2.31. The highest BCUT2D eigenvalue weighted by atomic mass is 32.2. The lowest BCUT2D eigenvalue weighted by Gasteiger charge is -2.34. The molecular weight excluding hydrogens is 312 g/mol. The largest absolute Gasteiger partial charge is 0.352 e. The number of benzene rings is 1. The molecule has 1 aliphatic rings. The maximum absolute atomic E-state index is 12.2. The number of nitrogens with one attached hydrogen (secondary N) is 1.